The minimum absolute atomic E-state index is 0.497. The van der Waals surface area contributed by atoms with Crippen LogP contribution >= 0.6 is 11.8 Å². The summed E-state index contributed by atoms with van der Waals surface area (Å²) < 4.78 is 5.73. The number of ether oxygens (including phenoxy) is 1. The van der Waals surface area contributed by atoms with Crippen molar-refractivity contribution in [3.05, 3.63) is 65.7 Å². The van der Waals surface area contributed by atoms with Crippen LogP contribution in [0.25, 0.3) is 0 Å². The largest absolute Gasteiger partial charge is 0.489 e. The van der Waals surface area contributed by atoms with Gasteiger partial charge in [-0.2, -0.15) is 0 Å². The van der Waals surface area contributed by atoms with E-state index in [1.165, 1.54) is 11.8 Å². The maximum atomic E-state index is 10.9. The SMILES string of the molecule is O=C(O)C1CSC(c2ccc(OCc3ccccc3)cc2)=N1. The van der Waals surface area contributed by atoms with E-state index in [1.54, 1.807) is 0 Å². The van der Waals surface area contributed by atoms with Gasteiger partial charge in [-0.3, -0.25) is 4.99 Å². The Morgan fingerprint density at radius 1 is 1.18 bits per heavy atom. The van der Waals surface area contributed by atoms with Gasteiger partial charge in [0.05, 0.1) is 5.04 Å². The van der Waals surface area contributed by atoms with E-state index in [4.69, 9.17) is 9.84 Å². The molecule has 2 aromatic rings. The number of hydrogen-bond donors (Lipinski definition) is 1. The molecule has 0 amide bonds. The summed E-state index contributed by atoms with van der Waals surface area (Å²) in [6, 6.07) is 16.9. The van der Waals surface area contributed by atoms with Gasteiger partial charge in [-0.25, -0.2) is 4.79 Å². The van der Waals surface area contributed by atoms with Gasteiger partial charge in [-0.05, 0) is 29.8 Å². The van der Waals surface area contributed by atoms with Crippen molar-refractivity contribution in [3.8, 4) is 5.75 Å². The first kappa shape index (κ1) is 14.7. The van der Waals surface area contributed by atoms with E-state index in [1.807, 2.05) is 54.6 Å². The Labute approximate surface area is 132 Å². The Balaban J connectivity index is 1.63. The van der Waals surface area contributed by atoms with E-state index in [0.29, 0.717) is 12.4 Å². The monoisotopic (exact) mass is 313 g/mol. The summed E-state index contributed by atoms with van der Waals surface area (Å²) in [6.07, 6.45) is 0. The zero-order chi connectivity index (χ0) is 15.4. The van der Waals surface area contributed by atoms with Gasteiger partial charge >= 0.3 is 5.97 Å². The van der Waals surface area contributed by atoms with E-state index in [2.05, 4.69) is 4.99 Å². The summed E-state index contributed by atoms with van der Waals surface area (Å²) in [5, 5.41) is 9.74. The second-order valence-electron chi connectivity index (χ2n) is 4.90. The maximum Gasteiger partial charge on any atom is 0.329 e. The fourth-order valence-corrected chi connectivity index (χ4v) is 3.13. The second kappa shape index (κ2) is 6.66. The lowest BCUT2D eigenvalue weighted by atomic mass is 10.2. The molecule has 0 aliphatic carbocycles. The predicted octanol–water partition coefficient (Wildman–Crippen LogP) is 3.21. The van der Waals surface area contributed by atoms with Crippen LogP contribution in [0.4, 0.5) is 0 Å². The number of rotatable bonds is 5. The maximum absolute atomic E-state index is 10.9. The summed E-state index contributed by atoms with van der Waals surface area (Å²) in [4.78, 5) is 15.1. The Morgan fingerprint density at radius 2 is 1.91 bits per heavy atom. The molecule has 1 aliphatic rings. The lowest BCUT2D eigenvalue weighted by Crippen LogP contribution is -2.17. The van der Waals surface area contributed by atoms with Gasteiger partial charge in [-0.15, -0.1) is 11.8 Å². The summed E-state index contributed by atoms with van der Waals surface area (Å²) >= 11 is 1.48. The minimum Gasteiger partial charge on any atom is -0.489 e. The summed E-state index contributed by atoms with van der Waals surface area (Å²) in [5.41, 5.74) is 2.05. The molecule has 5 heteroatoms. The molecule has 0 spiro atoms. The van der Waals surface area contributed by atoms with Crippen LogP contribution in [0, 0.1) is 0 Å². The number of aliphatic imine (C=N–C) groups is 1. The van der Waals surface area contributed by atoms with E-state index in [-0.39, 0.29) is 0 Å². The van der Waals surface area contributed by atoms with Crippen LogP contribution in [0.2, 0.25) is 0 Å². The van der Waals surface area contributed by atoms with Crippen molar-refractivity contribution in [1.29, 1.82) is 0 Å². The van der Waals surface area contributed by atoms with Crippen molar-refractivity contribution in [3.63, 3.8) is 0 Å². The van der Waals surface area contributed by atoms with Crippen LogP contribution in [0.15, 0.2) is 59.6 Å². The first-order valence-corrected chi connectivity index (χ1v) is 7.91. The van der Waals surface area contributed by atoms with Gasteiger partial charge in [0, 0.05) is 11.3 Å². The number of hydrogen-bond acceptors (Lipinski definition) is 4. The van der Waals surface area contributed by atoms with Crippen LogP contribution in [0.3, 0.4) is 0 Å². The van der Waals surface area contributed by atoms with Gasteiger partial charge in [-0.1, -0.05) is 30.3 Å². The molecule has 0 fully saturated rings. The molecular weight excluding hydrogens is 298 g/mol. The van der Waals surface area contributed by atoms with E-state index >= 15 is 0 Å². The molecule has 0 radical (unpaired) electrons. The fourth-order valence-electron chi connectivity index (χ4n) is 2.09. The van der Waals surface area contributed by atoms with Crippen molar-refractivity contribution in [2.45, 2.75) is 12.6 Å². The number of carboxylic acids is 1. The van der Waals surface area contributed by atoms with E-state index < -0.39 is 12.0 Å². The molecule has 1 atom stereocenters. The van der Waals surface area contributed by atoms with Crippen LogP contribution in [-0.2, 0) is 11.4 Å². The zero-order valence-corrected chi connectivity index (χ0v) is 12.6. The smallest absolute Gasteiger partial charge is 0.329 e. The molecule has 0 saturated heterocycles. The highest BCUT2D eigenvalue weighted by atomic mass is 32.2. The average Bonchev–Trinajstić information content (AvgIpc) is 3.05. The van der Waals surface area contributed by atoms with Crippen LogP contribution in [0.1, 0.15) is 11.1 Å². The third-order valence-corrected chi connectivity index (χ3v) is 4.38. The number of carbonyl (C=O) groups is 1. The standard InChI is InChI=1S/C17H15NO3S/c19-17(20)15-11-22-16(18-15)13-6-8-14(9-7-13)21-10-12-4-2-1-3-5-12/h1-9,15H,10-11H2,(H,19,20). The Bertz CT molecular complexity index is 683. The van der Waals surface area contributed by atoms with Crippen molar-refractivity contribution in [1.82, 2.24) is 0 Å². The molecule has 2 aromatic carbocycles. The number of nitrogens with zero attached hydrogens (tertiary/aromatic N) is 1. The lowest BCUT2D eigenvalue weighted by molar-refractivity contribution is -0.137. The molecule has 112 valence electrons. The molecule has 1 N–H and O–H groups in total. The molecule has 0 aromatic heterocycles. The normalized spacial score (nSPS) is 17.1. The molecule has 4 nitrogen and oxygen atoms in total. The molecule has 1 heterocycles. The Hall–Kier alpha value is -2.27. The van der Waals surface area contributed by atoms with E-state index in [0.717, 1.165) is 21.9 Å². The van der Waals surface area contributed by atoms with Crippen molar-refractivity contribution in [2.24, 2.45) is 4.99 Å². The highest BCUT2D eigenvalue weighted by molar-refractivity contribution is 8.14. The van der Waals surface area contributed by atoms with Gasteiger partial charge in [0.1, 0.15) is 12.4 Å². The van der Waals surface area contributed by atoms with Gasteiger partial charge in [0.15, 0.2) is 6.04 Å². The molecule has 1 aliphatic heterocycles. The highest BCUT2D eigenvalue weighted by Gasteiger charge is 2.24. The summed E-state index contributed by atoms with van der Waals surface area (Å²) in [7, 11) is 0. The van der Waals surface area contributed by atoms with Gasteiger partial charge < -0.3 is 9.84 Å². The summed E-state index contributed by atoms with van der Waals surface area (Å²) in [5.74, 6) is 0.410. The third kappa shape index (κ3) is 3.49. The number of thioether (sulfide) groups is 1. The predicted molar refractivity (Wildman–Crippen MR) is 87.6 cm³/mol. The molecule has 3 rings (SSSR count). The number of aliphatic carboxylic acids is 1. The molecule has 0 bridgehead atoms. The minimum atomic E-state index is -0.870. The van der Waals surface area contributed by atoms with Crippen LogP contribution < -0.4 is 4.74 Å². The number of carboxylic acid groups (broad SMARTS) is 1. The first-order valence-electron chi connectivity index (χ1n) is 6.93. The zero-order valence-electron chi connectivity index (χ0n) is 11.8. The highest BCUT2D eigenvalue weighted by Crippen LogP contribution is 2.25. The number of benzene rings is 2. The fraction of sp³-hybridized carbons (Fsp3) is 0.176. The van der Waals surface area contributed by atoms with Crippen LogP contribution in [0.5, 0.6) is 5.75 Å². The Kier molecular flexibility index (Phi) is 4.44. The average molecular weight is 313 g/mol. The van der Waals surface area contributed by atoms with Crippen molar-refractivity contribution in [2.75, 3.05) is 5.75 Å². The second-order valence-corrected chi connectivity index (χ2v) is 5.91. The molecular formula is C17H15NO3S. The Morgan fingerprint density at radius 3 is 2.55 bits per heavy atom. The van der Waals surface area contributed by atoms with Gasteiger partial charge in [0.25, 0.3) is 0 Å². The van der Waals surface area contributed by atoms with Crippen LogP contribution in [-0.4, -0.2) is 27.9 Å². The van der Waals surface area contributed by atoms with Crippen molar-refractivity contribution < 1.29 is 14.6 Å². The third-order valence-electron chi connectivity index (χ3n) is 3.29. The molecule has 0 saturated carbocycles. The van der Waals surface area contributed by atoms with Gasteiger partial charge in [0.2, 0.25) is 0 Å². The first-order chi connectivity index (χ1) is 10.7. The van der Waals surface area contributed by atoms with Crippen molar-refractivity contribution >= 4 is 22.8 Å². The lowest BCUT2D eigenvalue weighted by Gasteiger charge is -2.07. The molecule has 1 unspecified atom stereocenters. The summed E-state index contributed by atoms with van der Waals surface area (Å²) in [6.45, 7) is 0.525. The molecule has 22 heavy (non-hydrogen) atoms. The van der Waals surface area contributed by atoms with E-state index in [9.17, 15) is 4.79 Å². The quantitative estimate of drug-likeness (QED) is 0.921. The topological polar surface area (TPSA) is 58.9 Å².